The van der Waals surface area contributed by atoms with Crippen molar-refractivity contribution < 1.29 is 9.59 Å². The van der Waals surface area contributed by atoms with Crippen molar-refractivity contribution in [2.45, 2.75) is 78.3 Å². The number of rotatable bonds is 8. The Labute approximate surface area is 153 Å². The lowest BCUT2D eigenvalue weighted by Crippen LogP contribution is -2.55. The minimum atomic E-state index is -0.487. The zero-order valence-corrected chi connectivity index (χ0v) is 16.5. The largest absolute Gasteiger partial charge is 0.350 e. The predicted molar refractivity (Wildman–Crippen MR) is 101 cm³/mol. The van der Waals surface area contributed by atoms with Gasteiger partial charge in [0, 0.05) is 19.0 Å². The number of hydrogen-bond acceptors (Lipinski definition) is 3. The summed E-state index contributed by atoms with van der Waals surface area (Å²) in [5.74, 6) is 0.645. The van der Waals surface area contributed by atoms with Gasteiger partial charge >= 0.3 is 0 Å². The maximum absolute atomic E-state index is 12.6. The Balaban J connectivity index is 0.00000529. The van der Waals surface area contributed by atoms with Crippen molar-refractivity contribution in [1.82, 2.24) is 10.6 Å². The van der Waals surface area contributed by atoms with E-state index in [0.29, 0.717) is 18.9 Å². The van der Waals surface area contributed by atoms with Crippen molar-refractivity contribution >= 4 is 24.2 Å². The fourth-order valence-corrected chi connectivity index (χ4v) is 3.32. The van der Waals surface area contributed by atoms with E-state index in [1.165, 1.54) is 19.3 Å². The Kier molecular flexibility index (Phi) is 11.3. The highest BCUT2D eigenvalue weighted by Crippen LogP contribution is 2.26. The van der Waals surface area contributed by atoms with Crippen molar-refractivity contribution in [3.8, 4) is 0 Å². The molecular formula is C18H36ClN3O2. The Morgan fingerprint density at radius 2 is 1.62 bits per heavy atom. The van der Waals surface area contributed by atoms with Gasteiger partial charge in [0.05, 0.1) is 0 Å². The van der Waals surface area contributed by atoms with Gasteiger partial charge in [-0.05, 0) is 30.6 Å². The normalized spacial score (nSPS) is 18.0. The van der Waals surface area contributed by atoms with Gasteiger partial charge in [-0.3, -0.25) is 9.59 Å². The molecule has 2 unspecified atom stereocenters. The topological polar surface area (TPSA) is 84.2 Å². The Bertz CT molecular complexity index is 382. The van der Waals surface area contributed by atoms with Crippen LogP contribution in [0.1, 0.15) is 66.2 Å². The molecule has 0 aromatic carbocycles. The molecule has 1 rings (SSSR count). The van der Waals surface area contributed by atoms with Crippen molar-refractivity contribution in [1.29, 1.82) is 0 Å². The second-order valence-electron chi connectivity index (χ2n) is 7.64. The third kappa shape index (κ3) is 7.84. The summed E-state index contributed by atoms with van der Waals surface area (Å²) in [7, 11) is 0. The molecule has 2 atom stereocenters. The molecule has 1 aliphatic rings. The standard InChI is InChI=1S/C18H35N3O2.ClH/c1-12(2)10-16(22)21-17(13(3)4)18(23)20-15(11-19)14-8-6-5-7-9-14;/h12-15,17H,5-11,19H2,1-4H3,(H,20,23)(H,21,22);1H. The van der Waals surface area contributed by atoms with E-state index in [0.717, 1.165) is 12.8 Å². The molecule has 24 heavy (non-hydrogen) atoms. The number of hydrogen-bond donors (Lipinski definition) is 3. The second-order valence-corrected chi connectivity index (χ2v) is 7.64. The average molecular weight is 362 g/mol. The van der Waals surface area contributed by atoms with Gasteiger partial charge in [0.1, 0.15) is 6.04 Å². The quantitative estimate of drug-likeness (QED) is 0.621. The third-order valence-electron chi connectivity index (χ3n) is 4.66. The SMILES string of the molecule is CC(C)CC(=O)NC(C(=O)NC(CN)C1CCCCC1)C(C)C.Cl. The summed E-state index contributed by atoms with van der Waals surface area (Å²) in [5.41, 5.74) is 5.89. The molecule has 0 bridgehead atoms. The van der Waals surface area contributed by atoms with Crippen LogP contribution >= 0.6 is 12.4 Å². The number of carbonyl (C=O) groups excluding carboxylic acids is 2. The second kappa shape index (κ2) is 11.7. The first-order valence-corrected chi connectivity index (χ1v) is 9.15. The van der Waals surface area contributed by atoms with Crippen LogP contribution in [-0.2, 0) is 9.59 Å². The summed E-state index contributed by atoms with van der Waals surface area (Å²) in [6.45, 7) is 8.37. The van der Waals surface area contributed by atoms with Crippen LogP contribution in [0, 0.1) is 17.8 Å². The molecule has 0 saturated heterocycles. The molecule has 0 radical (unpaired) electrons. The molecule has 5 nitrogen and oxygen atoms in total. The third-order valence-corrected chi connectivity index (χ3v) is 4.66. The number of nitrogens with two attached hydrogens (primary N) is 1. The van der Waals surface area contributed by atoms with Crippen LogP contribution in [0.25, 0.3) is 0 Å². The predicted octanol–water partition coefficient (Wildman–Crippen LogP) is 2.62. The molecule has 0 aliphatic heterocycles. The van der Waals surface area contributed by atoms with E-state index in [-0.39, 0.29) is 42.1 Å². The van der Waals surface area contributed by atoms with Crippen LogP contribution < -0.4 is 16.4 Å². The highest BCUT2D eigenvalue weighted by atomic mass is 35.5. The van der Waals surface area contributed by atoms with E-state index in [2.05, 4.69) is 10.6 Å². The molecule has 142 valence electrons. The first-order valence-electron chi connectivity index (χ1n) is 9.15. The summed E-state index contributed by atoms with van der Waals surface area (Å²) >= 11 is 0. The fourth-order valence-electron chi connectivity index (χ4n) is 3.32. The summed E-state index contributed by atoms with van der Waals surface area (Å²) in [5, 5.41) is 5.99. The molecular weight excluding hydrogens is 326 g/mol. The lowest BCUT2D eigenvalue weighted by atomic mass is 9.83. The number of carbonyl (C=O) groups is 2. The molecule has 0 heterocycles. The van der Waals surface area contributed by atoms with Crippen LogP contribution in [0.15, 0.2) is 0 Å². The number of nitrogens with one attached hydrogen (secondary N) is 2. The summed E-state index contributed by atoms with van der Waals surface area (Å²) in [4.78, 5) is 24.7. The smallest absolute Gasteiger partial charge is 0.243 e. The van der Waals surface area contributed by atoms with Crippen LogP contribution in [0.4, 0.5) is 0 Å². The van der Waals surface area contributed by atoms with E-state index in [1.807, 2.05) is 27.7 Å². The van der Waals surface area contributed by atoms with Gasteiger partial charge in [-0.15, -0.1) is 12.4 Å². The van der Waals surface area contributed by atoms with Gasteiger partial charge in [-0.1, -0.05) is 47.0 Å². The maximum Gasteiger partial charge on any atom is 0.243 e. The first kappa shape index (κ1) is 23.2. The van der Waals surface area contributed by atoms with E-state index in [1.54, 1.807) is 0 Å². The molecule has 0 spiro atoms. The van der Waals surface area contributed by atoms with Crippen molar-refractivity contribution in [2.24, 2.45) is 23.5 Å². The first-order chi connectivity index (χ1) is 10.8. The van der Waals surface area contributed by atoms with Gasteiger partial charge in [0.2, 0.25) is 11.8 Å². The molecule has 6 heteroatoms. The van der Waals surface area contributed by atoms with E-state index >= 15 is 0 Å². The van der Waals surface area contributed by atoms with Crippen LogP contribution in [0.2, 0.25) is 0 Å². The minimum absolute atomic E-state index is 0. The van der Waals surface area contributed by atoms with Gasteiger partial charge in [0.25, 0.3) is 0 Å². The lowest BCUT2D eigenvalue weighted by Gasteiger charge is -2.32. The monoisotopic (exact) mass is 361 g/mol. The van der Waals surface area contributed by atoms with E-state index in [9.17, 15) is 9.59 Å². The van der Waals surface area contributed by atoms with Crippen LogP contribution in [0.3, 0.4) is 0 Å². The molecule has 1 fully saturated rings. The molecule has 1 aliphatic carbocycles. The average Bonchev–Trinajstić information content (AvgIpc) is 2.49. The highest BCUT2D eigenvalue weighted by Gasteiger charge is 2.29. The van der Waals surface area contributed by atoms with Crippen molar-refractivity contribution in [2.75, 3.05) is 6.54 Å². The van der Waals surface area contributed by atoms with Gasteiger partial charge in [-0.25, -0.2) is 0 Å². The van der Waals surface area contributed by atoms with Gasteiger partial charge in [0.15, 0.2) is 0 Å². The minimum Gasteiger partial charge on any atom is -0.350 e. The number of halogens is 1. The van der Waals surface area contributed by atoms with Crippen LogP contribution in [0.5, 0.6) is 0 Å². The van der Waals surface area contributed by atoms with E-state index in [4.69, 9.17) is 5.73 Å². The van der Waals surface area contributed by atoms with Crippen molar-refractivity contribution in [3.63, 3.8) is 0 Å². The van der Waals surface area contributed by atoms with Gasteiger partial charge < -0.3 is 16.4 Å². The molecule has 2 amide bonds. The lowest BCUT2D eigenvalue weighted by molar-refractivity contribution is -0.131. The molecule has 0 aromatic heterocycles. The van der Waals surface area contributed by atoms with E-state index < -0.39 is 6.04 Å². The Morgan fingerprint density at radius 1 is 1.04 bits per heavy atom. The molecule has 0 aromatic rings. The molecule has 1 saturated carbocycles. The fraction of sp³-hybridized carbons (Fsp3) is 0.889. The zero-order valence-electron chi connectivity index (χ0n) is 15.6. The summed E-state index contributed by atoms with van der Waals surface area (Å²) < 4.78 is 0. The Hall–Kier alpha value is -0.810. The molecule has 4 N–H and O–H groups in total. The maximum atomic E-state index is 12.6. The summed E-state index contributed by atoms with van der Waals surface area (Å²) in [6, 6.07) is -0.468. The highest BCUT2D eigenvalue weighted by molar-refractivity contribution is 5.88. The van der Waals surface area contributed by atoms with Gasteiger partial charge in [-0.2, -0.15) is 0 Å². The van der Waals surface area contributed by atoms with Crippen LogP contribution in [-0.4, -0.2) is 30.4 Å². The zero-order chi connectivity index (χ0) is 17.4. The van der Waals surface area contributed by atoms with Crippen molar-refractivity contribution in [3.05, 3.63) is 0 Å². The Morgan fingerprint density at radius 3 is 2.08 bits per heavy atom. The number of amides is 2. The summed E-state index contributed by atoms with van der Waals surface area (Å²) in [6.07, 6.45) is 6.43.